The Morgan fingerprint density at radius 1 is 1.07 bits per heavy atom. The molecule has 6 heteroatoms. The largest absolute Gasteiger partial charge is 0.494 e. The van der Waals surface area contributed by atoms with Gasteiger partial charge in [0.05, 0.1) is 18.2 Å². The number of amides is 2. The fourth-order valence-corrected chi connectivity index (χ4v) is 2.99. The molecule has 1 aliphatic heterocycles. The first-order valence-electron chi connectivity index (χ1n) is 9.30. The fourth-order valence-electron chi connectivity index (χ4n) is 2.99. The zero-order valence-corrected chi connectivity index (χ0v) is 16.0. The first-order valence-corrected chi connectivity index (χ1v) is 9.30. The molecule has 1 atom stereocenters. The van der Waals surface area contributed by atoms with Crippen LogP contribution in [0.25, 0.3) is 0 Å². The number of ether oxygens (including phenoxy) is 2. The topological polar surface area (TPSA) is 76.7 Å². The van der Waals surface area contributed by atoms with E-state index in [1.54, 1.807) is 6.92 Å². The zero-order chi connectivity index (χ0) is 19.9. The quantitative estimate of drug-likeness (QED) is 0.716. The average molecular weight is 380 g/mol. The van der Waals surface area contributed by atoms with E-state index < -0.39 is 12.0 Å². The number of hydrogen-bond acceptors (Lipinski definition) is 4. The molecule has 2 aromatic carbocycles. The maximum Gasteiger partial charge on any atom is 0.338 e. The second-order valence-electron chi connectivity index (χ2n) is 6.55. The normalized spacial score (nSPS) is 16.2. The lowest BCUT2D eigenvalue weighted by molar-refractivity contribution is -0.140. The summed E-state index contributed by atoms with van der Waals surface area (Å²) in [5.74, 6) is 0.282. The van der Waals surface area contributed by atoms with E-state index in [9.17, 15) is 9.59 Å². The molecule has 146 valence electrons. The number of urea groups is 1. The SMILES string of the molecule is CCCOc1ccc([C@H]2NC(=O)NC(C)=C2C(=O)OCc2ccccc2)cc1. The number of hydrogen-bond donors (Lipinski definition) is 2. The Bertz CT molecular complexity index is 860. The third kappa shape index (κ3) is 4.71. The predicted octanol–water partition coefficient (Wildman–Crippen LogP) is 3.85. The summed E-state index contributed by atoms with van der Waals surface area (Å²) in [4.78, 5) is 24.8. The lowest BCUT2D eigenvalue weighted by Crippen LogP contribution is -2.45. The molecule has 0 fully saturated rings. The highest BCUT2D eigenvalue weighted by Crippen LogP contribution is 2.29. The Morgan fingerprint density at radius 3 is 2.46 bits per heavy atom. The molecule has 0 bridgehead atoms. The molecule has 0 aliphatic carbocycles. The second-order valence-corrected chi connectivity index (χ2v) is 6.55. The minimum atomic E-state index is -0.586. The second kappa shape index (κ2) is 9.08. The number of rotatable bonds is 7. The number of carbonyl (C=O) groups is 2. The summed E-state index contributed by atoms with van der Waals surface area (Å²) in [6.07, 6.45) is 0.922. The highest BCUT2D eigenvalue weighted by atomic mass is 16.5. The molecule has 0 spiro atoms. The van der Waals surface area contributed by atoms with Crippen LogP contribution in [0.4, 0.5) is 4.79 Å². The van der Waals surface area contributed by atoms with Crippen LogP contribution in [-0.4, -0.2) is 18.6 Å². The highest BCUT2D eigenvalue weighted by Gasteiger charge is 2.32. The van der Waals surface area contributed by atoms with Gasteiger partial charge in [0.2, 0.25) is 0 Å². The molecule has 0 saturated carbocycles. The standard InChI is InChI=1S/C22H24N2O4/c1-3-13-27-18-11-9-17(10-12-18)20-19(15(2)23-22(26)24-20)21(25)28-14-16-7-5-4-6-8-16/h4-12,20H,3,13-14H2,1-2H3,(H2,23,24,26)/t20-/m1/s1. The molecular weight excluding hydrogens is 356 g/mol. The highest BCUT2D eigenvalue weighted by molar-refractivity contribution is 5.95. The van der Waals surface area contributed by atoms with Crippen molar-refractivity contribution in [3.63, 3.8) is 0 Å². The molecule has 0 radical (unpaired) electrons. The van der Waals surface area contributed by atoms with Crippen molar-refractivity contribution >= 4 is 12.0 Å². The first-order chi connectivity index (χ1) is 13.6. The van der Waals surface area contributed by atoms with Crippen molar-refractivity contribution in [1.82, 2.24) is 10.6 Å². The van der Waals surface area contributed by atoms with Crippen molar-refractivity contribution in [2.75, 3.05) is 6.61 Å². The van der Waals surface area contributed by atoms with Crippen molar-refractivity contribution in [1.29, 1.82) is 0 Å². The molecule has 6 nitrogen and oxygen atoms in total. The van der Waals surface area contributed by atoms with Gasteiger partial charge in [0.1, 0.15) is 12.4 Å². The molecule has 1 aliphatic rings. The van der Waals surface area contributed by atoms with Crippen LogP contribution in [0.5, 0.6) is 5.75 Å². The van der Waals surface area contributed by atoms with Crippen LogP contribution in [0, 0.1) is 0 Å². The van der Waals surface area contributed by atoms with E-state index in [1.807, 2.05) is 61.5 Å². The number of esters is 1. The summed E-state index contributed by atoms with van der Waals surface area (Å²) in [6, 6.07) is 15.9. The smallest absolute Gasteiger partial charge is 0.338 e. The molecule has 0 unspecified atom stereocenters. The van der Waals surface area contributed by atoms with Gasteiger partial charge in [-0.15, -0.1) is 0 Å². The maximum absolute atomic E-state index is 12.8. The molecule has 28 heavy (non-hydrogen) atoms. The van der Waals surface area contributed by atoms with E-state index in [2.05, 4.69) is 10.6 Å². The maximum atomic E-state index is 12.8. The third-order valence-electron chi connectivity index (χ3n) is 4.39. The number of carbonyl (C=O) groups excluding carboxylic acids is 2. The van der Waals surface area contributed by atoms with Gasteiger partial charge in [-0.2, -0.15) is 0 Å². The summed E-state index contributed by atoms with van der Waals surface area (Å²) < 4.78 is 11.1. The minimum Gasteiger partial charge on any atom is -0.494 e. The van der Waals surface area contributed by atoms with Crippen LogP contribution in [0.1, 0.15) is 37.4 Å². The van der Waals surface area contributed by atoms with Crippen molar-refractivity contribution in [2.45, 2.75) is 32.9 Å². The molecule has 2 aromatic rings. The summed E-state index contributed by atoms with van der Waals surface area (Å²) in [5.41, 5.74) is 2.55. The van der Waals surface area contributed by atoms with Crippen LogP contribution in [0.15, 0.2) is 65.9 Å². The molecule has 2 N–H and O–H groups in total. The van der Waals surface area contributed by atoms with E-state index in [0.29, 0.717) is 17.9 Å². The van der Waals surface area contributed by atoms with Gasteiger partial charge in [-0.05, 0) is 36.6 Å². The number of allylic oxidation sites excluding steroid dienone is 1. The fraction of sp³-hybridized carbons (Fsp3) is 0.273. The zero-order valence-electron chi connectivity index (χ0n) is 16.0. The van der Waals surface area contributed by atoms with Crippen molar-refractivity contribution in [3.8, 4) is 5.75 Å². The monoisotopic (exact) mass is 380 g/mol. The van der Waals surface area contributed by atoms with Crippen molar-refractivity contribution < 1.29 is 19.1 Å². The van der Waals surface area contributed by atoms with Gasteiger partial charge in [0.15, 0.2) is 0 Å². The molecular formula is C22H24N2O4. The third-order valence-corrected chi connectivity index (χ3v) is 4.39. The molecule has 3 rings (SSSR count). The van der Waals surface area contributed by atoms with Crippen LogP contribution in [0.2, 0.25) is 0 Å². The molecule has 0 saturated heterocycles. The van der Waals surface area contributed by atoms with Gasteiger partial charge in [0.25, 0.3) is 0 Å². The van der Waals surface area contributed by atoms with E-state index >= 15 is 0 Å². The number of nitrogens with one attached hydrogen (secondary N) is 2. The van der Waals surface area contributed by atoms with Crippen molar-refractivity contribution in [2.24, 2.45) is 0 Å². The molecule has 0 aromatic heterocycles. The van der Waals surface area contributed by atoms with Crippen LogP contribution in [-0.2, 0) is 16.1 Å². The van der Waals surface area contributed by atoms with Crippen molar-refractivity contribution in [3.05, 3.63) is 77.0 Å². The summed E-state index contributed by atoms with van der Waals surface area (Å²) in [6.45, 7) is 4.55. The predicted molar refractivity (Wildman–Crippen MR) is 106 cm³/mol. The lowest BCUT2D eigenvalue weighted by Gasteiger charge is -2.28. The van der Waals surface area contributed by atoms with Crippen LogP contribution < -0.4 is 15.4 Å². The van der Waals surface area contributed by atoms with Gasteiger partial charge in [-0.1, -0.05) is 49.4 Å². The van der Waals surface area contributed by atoms with Gasteiger partial charge in [0, 0.05) is 5.70 Å². The Hall–Kier alpha value is -3.28. The van der Waals surface area contributed by atoms with Gasteiger partial charge in [-0.25, -0.2) is 9.59 Å². The number of benzene rings is 2. The Morgan fingerprint density at radius 2 is 1.79 bits per heavy atom. The van der Waals surface area contributed by atoms with E-state index in [1.165, 1.54) is 0 Å². The Labute approximate surface area is 164 Å². The average Bonchev–Trinajstić information content (AvgIpc) is 2.71. The Kier molecular flexibility index (Phi) is 6.32. The molecule has 2 amide bonds. The summed E-state index contributed by atoms with van der Waals surface area (Å²) in [5, 5.41) is 5.46. The lowest BCUT2D eigenvalue weighted by atomic mass is 9.95. The molecule has 1 heterocycles. The summed E-state index contributed by atoms with van der Waals surface area (Å²) >= 11 is 0. The van der Waals surface area contributed by atoms with Gasteiger partial charge >= 0.3 is 12.0 Å². The Balaban J connectivity index is 1.79. The van der Waals surface area contributed by atoms with E-state index in [0.717, 1.165) is 23.3 Å². The summed E-state index contributed by atoms with van der Waals surface area (Å²) in [7, 11) is 0. The van der Waals surface area contributed by atoms with Crippen LogP contribution >= 0.6 is 0 Å². The van der Waals surface area contributed by atoms with Gasteiger partial charge < -0.3 is 20.1 Å². The van der Waals surface area contributed by atoms with Gasteiger partial charge in [-0.3, -0.25) is 0 Å². The minimum absolute atomic E-state index is 0.168. The van der Waals surface area contributed by atoms with Crippen LogP contribution in [0.3, 0.4) is 0 Å². The van der Waals surface area contributed by atoms with E-state index in [4.69, 9.17) is 9.47 Å². The first kappa shape index (κ1) is 19.5. The van der Waals surface area contributed by atoms with E-state index in [-0.39, 0.29) is 12.6 Å².